The number of amides is 1. The van der Waals surface area contributed by atoms with Crippen molar-refractivity contribution in [2.45, 2.75) is 5.16 Å². The van der Waals surface area contributed by atoms with Crippen molar-refractivity contribution in [2.24, 2.45) is 0 Å². The summed E-state index contributed by atoms with van der Waals surface area (Å²) in [5, 5.41) is 3.88. The summed E-state index contributed by atoms with van der Waals surface area (Å²) in [5.74, 6) is 0.641. The first-order valence-corrected chi connectivity index (χ1v) is 8.09. The molecule has 2 N–H and O–H groups in total. The molecule has 2 heterocycles. The van der Waals surface area contributed by atoms with Crippen LogP contribution in [0.2, 0.25) is 5.02 Å². The van der Waals surface area contributed by atoms with Crippen LogP contribution in [0.15, 0.2) is 41.7 Å². The minimum absolute atomic E-state index is 0.148. The molecule has 0 fully saturated rings. The number of anilines is 1. The smallest absolute Gasteiger partial charge is 0.234 e. The number of methoxy groups -OCH3 is 1. The highest BCUT2D eigenvalue weighted by Crippen LogP contribution is 2.27. The molecule has 0 atom stereocenters. The summed E-state index contributed by atoms with van der Waals surface area (Å²) in [5.41, 5.74) is 2.10. The number of carbonyl (C=O) groups excluding carboxylic acids is 1. The van der Waals surface area contributed by atoms with Gasteiger partial charge in [0.2, 0.25) is 5.91 Å². The van der Waals surface area contributed by atoms with Crippen LogP contribution in [0.1, 0.15) is 0 Å². The first-order chi connectivity index (χ1) is 11.2. The van der Waals surface area contributed by atoms with Gasteiger partial charge in [0.1, 0.15) is 5.75 Å². The van der Waals surface area contributed by atoms with Gasteiger partial charge in [-0.1, -0.05) is 23.4 Å². The Hall–Kier alpha value is -2.25. The molecular weight excluding hydrogens is 336 g/mol. The predicted octanol–water partition coefficient (Wildman–Crippen LogP) is 3.35. The Morgan fingerprint density at radius 2 is 2.30 bits per heavy atom. The quantitative estimate of drug-likeness (QED) is 0.691. The molecule has 0 spiro atoms. The van der Waals surface area contributed by atoms with Gasteiger partial charge >= 0.3 is 0 Å². The van der Waals surface area contributed by atoms with Crippen LogP contribution in [0, 0.1) is 0 Å². The van der Waals surface area contributed by atoms with E-state index in [1.165, 1.54) is 18.9 Å². The van der Waals surface area contributed by atoms with Gasteiger partial charge in [-0.25, -0.2) is 9.97 Å². The largest absolute Gasteiger partial charge is 0.495 e. The number of imidazole rings is 1. The third kappa shape index (κ3) is 3.75. The number of thioether (sulfide) groups is 1. The highest BCUT2D eigenvalue weighted by atomic mass is 35.5. The lowest BCUT2D eigenvalue weighted by atomic mass is 10.3. The number of H-pyrrole nitrogens is 1. The van der Waals surface area contributed by atoms with Crippen molar-refractivity contribution in [1.82, 2.24) is 15.0 Å². The van der Waals surface area contributed by atoms with Crippen molar-refractivity contribution in [2.75, 3.05) is 18.2 Å². The number of ether oxygens (including phenoxy) is 1. The molecule has 0 aliphatic rings. The maximum atomic E-state index is 12.0. The first-order valence-electron chi connectivity index (χ1n) is 6.72. The minimum atomic E-state index is -0.148. The Balaban J connectivity index is 1.60. The Labute approximate surface area is 141 Å². The molecule has 0 aliphatic carbocycles. The summed E-state index contributed by atoms with van der Waals surface area (Å²) in [4.78, 5) is 23.6. The Morgan fingerprint density at radius 1 is 1.43 bits per heavy atom. The number of fused-ring (bicyclic) bond motifs is 1. The van der Waals surface area contributed by atoms with E-state index in [0.29, 0.717) is 27.3 Å². The number of nitrogens with one attached hydrogen (secondary N) is 2. The number of hydrogen-bond acceptors (Lipinski definition) is 5. The molecule has 1 aromatic carbocycles. The number of aromatic nitrogens is 3. The van der Waals surface area contributed by atoms with Gasteiger partial charge in [-0.15, -0.1) is 0 Å². The lowest BCUT2D eigenvalue weighted by Crippen LogP contribution is -2.14. The van der Waals surface area contributed by atoms with Gasteiger partial charge in [0.05, 0.1) is 23.4 Å². The van der Waals surface area contributed by atoms with E-state index in [-0.39, 0.29) is 11.7 Å². The zero-order chi connectivity index (χ0) is 16.2. The summed E-state index contributed by atoms with van der Waals surface area (Å²) in [6.45, 7) is 0. The van der Waals surface area contributed by atoms with Gasteiger partial charge in [-0.05, 0) is 30.3 Å². The minimum Gasteiger partial charge on any atom is -0.495 e. The average molecular weight is 349 g/mol. The maximum absolute atomic E-state index is 12.0. The fraction of sp³-hybridized carbons (Fsp3) is 0.133. The molecule has 118 valence electrons. The molecule has 0 saturated heterocycles. The molecule has 2 aromatic heterocycles. The van der Waals surface area contributed by atoms with Crippen molar-refractivity contribution < 1.29 is 9.53 Å². The highest BCUT2D eigenvalue weighted by molar-refractivity contribution is 7.99. The molecular formula is C15H13ClN4O2S. The van der Waals surface area contributed by atoms with Crippen molar-refractivity contribution >= 4 is 46.1 Å². The summed E-state index contributed by atoms with van der Waals surface area (Å²) < 4.78 is 5.07. The van der Waals surface area contributed by atoms with Gasteiger partial charge in [0, 0.05) is 11.9 Å². The van der Waals surface area contributed by atoms with E-state index >= 15 is 0 Å². The molecule has 0 saturated carbocycles. The average Bonchev–Trinajstić information content (AvgIpc) is 2.96. The normalized spacial score (nSPS) is 10.7. The topological polar surface area (TPSA) is 79.9 Å². The second-order valence-corrected chi connectivity index (χ2v) is 5.97. The molecule has 3 rings (SSSR count). The Bertz CT molecular complexity index is 819. The molecule has 3 aromatic rings. The van der Waals surface area contributed by atoms with Crippen molar-refractivity contribution in [3.8, 4) is 5.75 Å². The van der Waals surface area contributed by atoms with Crippen LogP contribution in [0.3, 0.4) is 0 Å². The highest BCUT2D eigenvalue weighted by Gasteiger charge is 2.09. The molecule has 8 heteroatoms. The monoisotopic (exact) mass is 348 g/mol. The van der Waals surface area contributed by atoms with E-state index in [0.717, 1.165) is 5.52 Å². The van der Waals surface area contributed by atoms with Crippen LogP contribution in [0.25, 0.3) is 11.2 Å². The van der Waals surface area contributed by atoms with Crippen molar-refractivity contribution in [1.29, 1.82) is 0 Å². The van der Waals surface area contributed by atoms with Crippen LogP contribution >= 0.6 is 23.4 Å². The maximum Gasteiger partial charge on any atom is 0.234 e. The van der Waals surface area contributed by atoms with Crippen LogP contribution in [0.5, 0.6) is 5.75 Å². The fourth-order valence-electron chi connectivity index (χ4n) is 1.97. The lowest BCUT2D eigenvalue weighted by molar-refractivity contribution is -0.113. The van der Waals surface area contributed by atoms with Gasteiger partial charge < -0.3 is 15.0 Å². The zero-order valence-corrected chi connectivity index (χ0v) is 13.7. The van der Waals surface area contributed by atoms with Crippen LogP contribution in [0.4, 0.5) is 5.69 Å². The van der Waals surface area contributed by atoms with Gasteiger partial charge in [-0.2, -0.15) is 0 Å². The second-order valence-electron chi connectivity index (χ2n) is 4.60. The van der Waals surface area contributed by atoms with E-state index in [4.69, 9.17) is 16.3 Å². The van der Waals surface area contributed by atoms with Gasteiger partial charge in [0.15, 0.2) is 10.8 Å². The summed E-state index contributed by atoms with van der Waals surface area (Å²) >= 11 is 7.34. The van der Waals surface area contributed by atoms with Gasteiger partial charge in [-0.3, -0.25) is 4.79 Å². The third-order valence-electron chi connectivity index (χ3n) is 3.01. The number of carbonyl (C=O) groups is 1. The summed E-state index contributed by atoms with van der Waals surface area (Å²) in [6, 6.07) is 8.80. The van der Waals surface area contributed by atoms with E-state index in [1.54, 1.807) is 24.4 Å². The number of hydrogen-bond donors (Lipinski definition) is 2. The van der Waals surface area contributed by atoms with E-state index < -0.39 is 0 Å². The number of rotatable bonds is 5. The van der Waals surface area contributed by atoms with Crippen LogP contribution in [-0.2, 0) is 4.79 Å². The fourth-order valence-corrected chi connectivity index (χ4v) is 2.90. The molecule has 23 heavy (non-hydrogen) atoms. The second kappa shape index (κ2) is 6.89. The molecule has 6 nitrogen and oxygen atoms in total. The van der Waals surface area contributed by atoms with Crippen LogP contribution in [-0.4, -0.2) is 33.7 Å². The standard InChI is InChI=1S/C15H13ClN4O2S/c1-22-12-5-4-9(7-10(12)16)18-13(21)8-23-15-19-11-3-2-6-17-14(11)20-15/h2-7H,8H2,1H3,(H,18,21)(H,17,19,20). The lowest BCUT2D eigenvalue weighted by Gasteiger charge is -2.07. The van der Waals surface area contributed by atoms with E-state index in [2.05, 4.69) is 20.3 Å². The number of halogens is 1. The SMILES string of the molecule is COc1ccc(NC(=O)CSc2nc3ncccc3[nH]2)cc1Cl. The third-order valence-corrected chi connectivity index (χ3v) is 4.18. The summed E-state index contributed by atoms with van der Waals surface area (Å²) in [6.07, 6.45) is 1.68. The van der Waals surface area contributed by atoms with Crippen molar-refractivity contribution in [3.63, 3.8) is 0 Å². The van der Waals surface area contributed by atoms with E-state index in [1.807, 2.05) is 12.1 Å². The van der Waals surface area contributed by atoms with E-state index in [9.17, 15) is 4.79 Å². The predicted molar refractivity (Wildman–Crippen MR) is 91.2 cm³/mol. The Kier molecular flexibility index (Phi) is 4.68. The van der Waals surface area contributed by atoms with Gasteiger partial charge in [0.25, 0.3) is 0 Å². The number of aromatic amines is 1. The number of benzene rings is 1. The van der Waals surface area contributed by atoms with Crippen molar-refractivity contribution in [3.05, 3.63) is 41.6 Å². The summed E-state index contributed by atoms with van der Waals surface area (Å²) in [7, 11) is 1.54. The molecule has 0 radical (unpaired) electrons. The Morgan fingerprint density at radius 3 is 3.04 bits per heavy atom. The zero-order valence-electron chi connectivity index (χ0n) is 12.2. The molecule has 0 bridgehead atoms. The molecule has 0 aliphatic heterocycles. The van der Waals surface area contributed by atoms with Crippen LogP contribution < -0.4 is 10.1 Å². The first kappa shape index (κ1) is 15.6. The number of nitrogens with zero attached hydrogens (tertiary/aromatic N) is 2. The molecule has 0 unspecified atom stereocenters. The number of pyridine rings is 1. The molecule has 1 amide bonds.